The lowest BCUT2D eigenvalue weighted by molar-refractivity contribution is 0.231. The summed E-state index contributed by atoms with van der Waals surface area (Å²) in [6.07, 6.45) is -0.0166. The molecule has 0 aliphatic rings. The number of nitrogens with zero attached hydrogens (tertiary/aromatic N) is 1. The molecule has 0 atom stereocenters. The summed E-state index contributed by atoms with van der Waals surface area (Å²) in [7, 11) is 4.00. The highest BCUT2D eigenvalue weighted by molar-refractivity contribution is 5.47. The number of ether oxygens (including phenoxy) is 1. The highest BCUT2D eigenvalue weighted by atomic mass is 19.1. The Hall–Kier alpha value is -1.29. The number of likely N-dealkylation sites (N-methyl/N-ethyl adjacent to an activating group) is 1. The number of nitrogens with one attached hydrogen (secondary N) is 1. The SMILES string of the molecule is CC(C)Oc1ccc(NCCN(C)C)cc1F. The molecule has 0 heterocycles. The molecule has 1 aromatic carbocycles. The molecule has 0 aromatic heterocycles. The number of benzene rings is 1. The Morgan fingerprint density at radius 3 is 2.59 bits per heavy atom. The van der Waals surface area contributed by atoms with Gasteiger partial charge in [0.05, 0.1) is 6.10 Å². The van der Waals surface area contributed by atoms with Crippen molar-refractivity contribution in [3.05, 3.63) is 24.0 Å². The van der Waals surface area contributed by atoms with Gasteiger partial charge in [0.25, 0.3) is 0 Å². The van der Waals surface area contributed by atoms with Gasteiger partial charge in [0.1, 0.15) is 0 Å². The molecule has 1 rings (SSSR count). The smallest absolute Gasteiger partial charge is 0.167 e. The zero-order valence-corrected chi connectivity index (χ0v) is 11.0. The first-order valence-electron chi connectivity index (χ1n) is 5.84. The van der Waals surface area contributed by atoms with E-state index in [9.17, 15) is 4.39 Å². The third kappa shape index (κ3) is 5.04. The molecule has 0 unspecified atom stereocenters. The van der Waals surface area contributed by atoms with Crippen molar-refractivity contribution in [3.8, 4) is 5.75 Å². The second-order valence-electron chi connectivity index (χ2n) is 4.54. The topological polar surface area (TPSA) is 24.5 Å². The molecule has 0 bridgehead atoms. The first-order chi connectivity index (χ1) is 7.99. The van der Waals surface area contributed by atoms with E-state index in [-0.39, 0.29) is 11.9 Å². The fourth-order valence-electron chi connectivity index (χ4n) is 1.38. The van der Waals surface area contributed by atoms with Crippen molar-refractivity contribution < 1.29 is 9.13 Å². The lowest BCUT2D eigenvalue weighted by Gasteiger charge is -2.13. The minimum Gasteiger partial charge on any atom is -0.488 e. The Morgan fingerprint density at radius 2 is 2.06 bits per heavy atom. The molecule has 0 saturated carbocycles. The van der Waals surface area contributed by atoms with Crippen molar-refractivity contribution in [2.45, 2.75) is 20.0 Å². The van der Waals surface area contributed by atoms with Gasteiger partial charge in [-0.2, -0.15) is 0 Å². The van der Waals surface area contributed by atoms with Crippen LogP contribution in [0.2, 0.25) is 0 Å². The average molecular weight is 240 g/mol. The van der Waals surface area contributed by atoms with Crippen LogP contribution in [-0.2, 0) is 0 Å². The van der Waals surface area contributed by atoms with Crippen molar-refractivity contribution in [1.82, 2.24) is 4.90 Å². The fraction of sp³-hybridized carbons (Fsp3) is 0.538. The van der Waals surface area contributed by atoms with Crippen molar-refractivity contribution in [3.63, 3.8) is 0 Å². The molecule has 0 fully saturated rings. The summed E-state index contributed by atoms with van der Waals surface area (Å²) >= 11 is 0. The molecular formula is C13H21FN2O. The predicted molar refractivity (Wildman–Crippen MR) is 69.2 cm³/mol. The van der Waals surface area contributed by atoms with Crippen molar-refractivity contribution >= 4 is 5.69 Å². The molecule has 0 aliphatic heterocycles. The van der Waals surface area contributed by atoms with E-state index < -0.39 is 0 Å². The minimum atomic E-state index is -0.325. The summed E-state index contributed by atoms with van der Waals surface area (Å²) in [6.45, 7) is 5.45. The van der Waals surface area contributed by atoms with E-state index in [4.69, 9.17) is 4.74 Å². The Kier molecular flexibility index (Phi) is 5.22. The highest BCUT2D eigenvalue weighted by Crippen LogP contribution is 2.21. The highest BCUT2D eigenvalue weighted by Gasteiger charge is 2.06. The van der Waals surface area contributed by atoms with E-state index in [1.807, 2.05) is 34.0 Å². The van der Waals surface area contributed by atoms with Crippen molar-refractivity contribution in [2.75, 3.05) is 32.5 Å². The van der Waals surface area contributed by atoms with E-state index in [1.54, 1.807) is 6.07 Å². The van der Waals surface area contributed by atoms with Crippen molar-refractivity contribution in [2.24, 2.45) is 0 Å². The lowest BCUT2D eigenvalue weighted by atomic mass is 10.3. The first kappa shape index (κ1) is 13.8. The molecule has 96 valence electrons. The molecule has 3 nitrogen and oxygen atoms in total. The van der Waals surface area contributed by atoms with Gasteiger partial charge in [-0.3, -0.25) is 0 Å². The quantitative estimate of drug-likeness (QED) is 0.827. The number of hydrogen-bond acceptors (Lipinski definition) is 3. The van der Waals surface area contributed by atoms with Crippen LogP contribution in [0.1, 0.15) is 13.8 Å². The number of halogens is 1. The number of hydrogen-bond donors (Lipinski definition) is 1. The Labute approximate surface area is 103 Å². The Morgan fingerprint density at radius 1 is 1.35 bits per heavy atom. The lowest BCUT2D eigenvalue weighted by Crippen LogP contribution is -2.20. The molecular weight excluding hydrogens is 219 g/mol. The van der Waals surface area contributed by atoms with Crippen LogP contribution in [-0.4, -0.2) is 38.2 Å². The minimum absolute atomic E-state index is 0.0166. The Balaban J connectivity index is 2.56. The van der Waals surface area contributed by atoms with Crippen LogP contribution in [0.3, 0.4) is 0 Å². The van der Waals surface area contributed by atoms with Crippen LogP contribution in [0, 0.1) is 5.82 Å². The normalized spacial score (nSPS) is 11.0. The molecule has 0 saturated heterocycles. The summed E-state index contributed by atoms with van der Waals surface area (Å²) in [5.41, 5.74) is 0.778. The predicted octanol–water partition coefficient (Wildman–Crippen LogP) is 2.59. The van der Waals surface area contributed by atoms with E-state index in [2.05, 4.69) is 10.2 Å². The van der Waals surface area contributed by atoms with Gasteiger partial charge in [-0.25, -0.2) is 4.39 Å². The van der Waals surface area contributed by atoms with E-state index in [0.717, 1.165) is 18.8 Å². The van der Waals surface area contributed by atoms with Crippen LogP contribution < -0.4 is 10.1 Å². The fourth-order valence-corrected chi connectivity index (χ4v) is 1.38. The number of rotatable bonds is 6. The molecule has 17 heavy (non-hydrogen) atoms. The van der Waals surface area contributed by atoms with Gasteiger partial charge in [0.2, 0.25) is 0 Å². The first-order valence-corrected chi connectivity index (χ1v) is 5.84. The third-order valence-corrected chi connectivity index (χ3v) is 2.18. The summed E-state index contributed by atoms with van der Waals surface area (Å²) in [6, 6.07) is 4.96. The maximum Gasteiger partial charge on any atom is 0.167 e. The maximum atomic E-state index is 13.6. The second kappa shape index (κ2) is 6.45. The largest absolute Gasteiger partial charge is 0.488 e. The summed E-state index contributed by atoms with van der Waals surface area (Å²) in [4.78, 5) is 2.07. The molecule has 0 radical (unpaired) electrons. The third-order valence-electron chi connectivity index (χ3n) is 2.18. The molecule has 4 heteroatoms. The zero-order valence-electron chi connectivity index (χ0n) is 11.0. The molecule has 0 spiro atoms. The van der Waals surface area contributed by atoms with Gasteiger partial charge in [0, 0.05) is 24.8 Å². The van der Waals surface area contributed by atoms with Crippen LogP contribution in [0.4, 0.5) is 10.1 Å². The number of anilines is 1. The van der Waals surface area contributed by atoms with Crippen LogP contribution in [0.15, 0.2) is 18.2 Å². The van der Waals surface area contributed by atoms with Crippen LogP contribution >= 0.6 is 0 Å². The van der Waals surface area contributed by atoms with Crippen LogP contribution in [0.5, 0.6) is 5.75 Å². The van der Waals surface area contributed by atoms with E-state index in [0.29, 0.717) is 5.75 Å². The standard InChI is InChI=1S/C13H21FN2O/c1-10(2)17-13-6-5-11(9-12(13)14)15-7-8-16(3)4/h5-6,9-10,15H,7-8H2,1-4H3. The van der Waals surface area contributed by atoms with Gasteiger partial charge < -0.3 is 15.0 Å². The van der Waals surface area contributed by atoms with Gasteiger partial charge in [-0.05, 0) is 40.1 Å². The van der Waals surface area contributed by atoms with Crippen LogP contribution in [0.25, 0.3) is 0 Å². The molecule has 0 amide bonds. The monoisotopic (exact) mass is 240 g/mol. The van der Waals surface area contributed by atoms with E-state index >= 15 is 0 Å². The summed E-state index contributed by atoms with van der Waals surface area (Å²) < 4.78 is 19.0. The maximum absolute atomic E-state index is 13.6. The molecule has 0 aliphatic carbocycles. The van der Waals surface area contributed by atoms with Crippen molar-refractivity contribution in [1.29, 1.82) is 0 Å². The second-order valence-corrected chi connectivity index (χ2v) is 4.54. The van der Waals surface area contributed by atoms with Gasteiger partial charge >= 0.3 is 0 Å². The van der Waals surface area contributed by atoms with E-state index in [1.165, 1.54) is 6.07 Å². The summed E-state index contributed by atoms with van der Waals surface area (Å²) in [5.74, 6) is -0.0216. The average Bonchev–Trinajstić information content (AvgIpc) is 2.21. The summed E-state index contributed by atoms with van der Waals surface area (Å²) in [5, 5.41) is 3.16. The molecule has 1 aromatic rings. The molecule has 1 N–H and O–H groups in total. The van der Waals surface area contributed by atoms with Gasteiger partial charge in [-0.15, -0.1) is 0 Å². The Bertz CT molecular complexity index is 353. The zero-order chi connectivity index (χ0) is 12.8. The van der Waals surface area contributed by atoms with Gasteiger partial charge in [0.15, 0.2) is 11.6 Å². The van der Waals surface area contributed by atoms with Gasteiger partial charge in [-0.1, -0.05) is 0 Å².